The largest absolute Gasteiger partial charge is 0.434 e. The molecule has 0 bridgehead atoms. The normalized spacial score (nSPS) is 11.4. The second-order valence-corrected chi connectivity index (χ2v) is 3.72. The molecule has 0 saturated heterocycles. The Morgan fingerprint density at radius 2 is 2.00 bits per heavy atom. The molecule has 0 radical (unpaired) electrons. The molecule has 0 aliphatic carbocycles. The van der Waals surface area contributed by atoms with Crippen LogP contribution in [0.15, 0.2) is 12.6 Å². The van der Waals surface area contributed by atoms with Crippen LogP contribution in [0.5, 0.6) is 0 Å². The lowest BCUT2D eigenvalue weighted by molar-refractivity contribution is 0.158. The fourth-order valence-corrected chi connectivity index (χ4v) is 0.694. The van der Waals surface area contributed by atoms with Crippen LogP contribution in [-0.2, 0) is 9.31 Å². The molecule has 12 heavy (non-hydrogen) atoms. The Hall–Kier alpha value is -0.210. The molecule has 0 saturated carbocycles. The Morgan fingerprint density at radius 3 is 2.42 bits per heavy atom. The summed E-state index contributed by atoms with van der Waals surface area (Å²) in [5.41, 5.74) is -0.210. The lowest BCUT2D eigenvalue weighted by Gasteiger charge is -2.24. The summed E-state index contributed by atoms with van der Waals surface area (Å²) in [5.74, 6) is 1.75. The third-order valence-corrected chi connectivity index (χ3v) is 1.36. The molecular formula is C8H18B2O2. The number of hydrogen-bond acceptors (Lipinski definition) is 2. The molecule has 4 heteroatoms. The third kappa shape index (κ3) is 6.50. The molecule has 0 aliphatic heterocycles. The van der Waals surface area contributed by atoms with Crippen LogP contribution >= 0.6 is 0 Å². The standard InChI is InChI=1S/C8H18B2O2/c1-6-9-12-8(4,5)10-11-7(2)3/h6-7,9-10H,1H2,2-5H3. The fraction of sp³-hybridized carbons (Fsp3) is 0.750. The van der Waals surface area contributed by atoms with Gasteiger partial charge >= 0.3 is 15.0 Å². The summed E-state index contributed by atoms with van der Waals surface area (Å²) in [6, 6.07) is 0. The second-order valence-electron chi connectivity index (χ2n) is 3.72. The smallest absolute Gasteiger partial charge is 0.305 e. The van der Waals surface area contributed by atoms with Crippen molar-refractivity contribution >= 4 is 15.0 Å². The van der Waals surface area contributed by atoms with Crippen molar-refractivity contribution < 1.29 is 9.31 Å². The van der Waals surface area contributed by atoms with E-state index in [-0.39, 0.29) is 11.6 Å². The fourth-order valence-electron chi connectivity index (χ4n) is 0.694. The summed E-state index contributed by atoms with van der Waals surface area (Å²) in [7, 11) is 1.20. The molecular weight excluding hydrogens is 150 g/mol. The summed E-state index contributed by atoms with van der Waals surface area (Å²) in [6.45, 7) is 11.7. The van der Waals surface area contributed by atoms with E-state index in [0.29, 0.717) is 15.0 Å². The van der Waals surface area contributed by atoms with Gasteiger partial charge in [-0.2, -0.15) is 0 Å². The molecule has 0 aromatic carbocycles. The van der Waals surface area contributed by atoms with Gasteiger partial charge in [-0.15, -0.1) is 6.58 Å². The van der Waals surface area contributed by atoms with Gasteiger partial charge in [-0.3, -0.25) is 0 Å². The Bertz CT molecular complexity index is 135. The molecule has 0 spiro atoms. The summed E-state index contributed by atoms with van der Waals surface area (Å²) in [4.78, 5) is 0. The molecule has 0 N–H and O–H groups in total. The minimum Gasteiger partial charge on any atom is -0.434 e. The van der Waals surface area contributed by atoms with Gasteiger partial charge in [0.2, 0.25) is 0 Å². The summed E-state index contributed by atoms with van der Waals surface area (Å²) < 4.78 is 10.9. The van der Waals surface area contributed by atoms with Gasteiger partial charge in [-0.1, -0.05) is 5.98 Å². The first-order chi connectivity index (χ1) is 5.48. The van der Waals surface area contributed by atoms with E-state index in [4.69, 9.17) is 9.31 Å². The molecule has 68 valence electrons. The first kappa shape index (κ1) is 11.8. The van der Waals surface area contributed by atoms with Gasteiger partial charge in [0.05, 0.1) is 0 Å². The molecule has 2 nitrogen and oxygen atoms in total. The molecule has 0 aromatic heterocycles. The van der Waals surface area contributed by atoms with Gasteiger partial charge in [0, 0.05) is 11.6 Å². The highest BCUT2D eigenvalue weighted by molar-refractivity contribution is 6.38. The molecule has 0 aliphatic rings. The highest BCUT2D eigenvalue weighted by Gasteiger charge is 2.20. The molecule has 0 fully saturated rings. The van der Waals surface area contributed by atoms with E-state index in [1.165, 1.54) is 0 Å². The third-order valence-electron chi connectivity index (χ3n) is 1.36. The van der Waals surface area contributed by atoms with Crippen LogP contribution < -0.4 is 0 Å². The molecule has 0 amide bonds. The Kier molecular flexibility index (Phi) is 5.34. The summed E-state index contributed by atoms with van der Waals surface area (Å²) in [5, 5.41) is 0. The van der Waals surface area contributed by atoms with Crippen molar-refractivity contribution in [3.05, 3.63) is 12.6 Å². The Morgan fingerprint density at radius 1 is 1.42 bits per heavy atom. The predicted molar refractivity (Wildman–Crippen MR) is 55.9 cm³/mol. The van der Waals surface area contributed by atoms with Crippen molar-refractivity contribution in [2.75, 3.05) is 0 Å². The van der Waals surface area contributed by atoms with E-state index in [1.807, 2.05) is 27.7 Å². The average Bonchev–Trinajstić information content (AvgIpc) is 1.98. The first-order valence-electron chi connectivity index (χ1n) is 4.34. The second kappa shape index (κ2) is 5.44. The van der Waals surface area contributed by atoms with Gasteiger partial charge in [0.25, 0.3) is 0 Å². The van der Waals surface area contributed by atoms with E-state index in [1.54, 1.807) is 5.98 Å². The lowest BCUT2D eigenvalue weighted by atomic mass is 9.76. The maximum Gasteiger partial charge on any atom is 0.305 e. The monoisotopic (exact) mass is 168 g/mol. The topological polar surface area (TPSA) is 18.5 Å². The van der Waals surface area contributed by atoms with Crippen molar-refractivity contribution in [2.24, 2.45) is 0 Å². The van der Waals surface area contributed by atoms with Crippen LogP contribution in [0.3, 0.4) is 0 Å². The van der Waals surface area contributed by atoms with E-state index in [0.717, 1.165) is 0 Å². The van der Waals surface area contributed by atoms with Crippen molar-refractivity contribution in [1.29, 1.82) is 0 Å². The SMILES string of the molecule is C=CBOC(C)(C)BOC(C)C. The van der Waals surface area contributed by atoms with E-state index in [2.05, 4.69) is 6.58 Å². The van der Waals surface area contributed by atoms with Gasteiger partial charge < -0.3 is 9.31 Å². The van der Waals surface area contributed by atoms with Crippen LogP contribution in [0.2, 0.25) is 0 Å². The molecule has 0 aromatic rings. The van der Waals surface area contributed by atoms with Crippen molar-refractivity contribution in [3.63, 3.8) is 0 Å². The van der Waals surface area contributed by atoms with E-state index < -0.39 is 0 Å². The highest BCUT2D eigenvalue weighted by atomic mass is 16.5. The zero-order valence-electron chi connectivity index (χ0n) is 8.59. The average molecular weight is 168 g/mol. The van der Waals surface area contributed by atoms with Crippen molar-refractivity contribution in [2.45, 2.75) is 39.3 Å². The maximum atomic E-state index is 5.49. The van der Waals surface area contributed by atoms with Crippen LogP contribution in [0.1, 0.15) is 27.7 Å². The molecule has 0 rings (SSSR count). The van der Waals surface area contributed by atoms with Gasteiger partial charge in [0.15, 0.2) is 0 Å². The van der Waals surface area contributed by atoms with Crippen LogP contribution in [0.25, 0.3) is 0 Å². The van der Waals surface area contributed by atoms with Crippen molar-refractivity contribution in [1.82, 2.24) is 0 Å². The molecule has 0 unspecified atom stereocenters. The van der Waals surface area contributed by atoms with Gasteiger partial charge in [-0.05, 0) is 27.7 Å². The van der Waals surface area contributed by atoms with Gasteiger partial charge in [0.1, 0.15) is 0 Å². The maximum absolute atomic E-state index is 5.49. The van der Waals surface area contributed by atoms with Crippen LogP contribution in [0, 0.1) is 0 Å². The minimum absolute atomic E-state index is 0.210. The number of hydrogen-bond donors (Lipinski definition) is 0. The molecule has 0 heterocycles. The van der Waals surface area contributed by atoms with Crippen LogP contribution in [0.4, 0.5) is 0 Å². The summed E-state index contributed by atoms with van der Waals surface area (Å²) in [6.07, 6.45) is 0.261. The summed E-state index contributed by atoms with van der Waals surface area (Å²) >= 11 is 0. The Balaban J connectivity index is 3.62. The van der Waals surface area contributed by atoms with E-state index >= 15 is 0 Å². The minimum atomic E-state index is -0.210. The lowest BCUT2D eigenvalue weighted by Crippen LogP contribution is -2.36. The zero-order valence-corrected chi connectivity index (χ0v) is 8.59. The highest BCUT2D eigenvalue weighted by Crippen LogP contribution is 2.07. The van der Waals surface area contributed by atoms with E-state index in [9.17, 15) is 0 Å². The quantitative estimate of drug-likeness (QED) is 0.550. The van der Waals surface area contributed by atoms with Crippen LogP contribution in [-0.4, -0.2) is 26.6 Å². The van der Waals surface area contributed by atoms with Gasteiger partial charge in [-0.25, -0.2) is 0 Å². The Labute approximate surface area is 76.9 Å². The predicted octanol–water partition coefficient (Wildman–Crippen LogP) is 1.01. The number of rotatable bonds is 6. The first-order valence-corrected chi connectivity index (χ1v) is 4.34. The zero-order chi connectivity index (χ0) is 9.61. The van der Waals surface area contributed by atoms with Crippen molar-refractivity contribution in [3.8, 4) is 0 Å². The molecule has 0 atom stereocenters.